The number of carbonyl (C=O) groups is 1. The lowest BCUT2D eigenvalue weighted by molar-refractivity contribution is -0.141. The van der Waals surface area contributed by atoms with Crippen LogP contribution in [0.4, 0.5) is 0 Å². The first-order valence-electron chi connectivity index (χ1n) is 6.04. The summed E-state index contributed by atoms with van der Waals surface area (Å²) < 4.78 is 5.08. The van der Waals surface area contributed by atoms with Crippen LogP contribution >= 0.6 is 0 Å². The van der Waals surface area contributed by atoms with Gasteiger partial charge < -0.3 is 4.74 Å². The molecule has 1 aliphatic rings. The van der Waals surface area contributed by atoms with E-state index in [1.165, 1.54) is 5.56 Å². The van der Waals surface area contributed by atoms with E-state index in [2.05, 4.69) is 19.1 Å². The second-order valence-electron chi connectivity index (χ2n) is 4.37. The summed E-state index contributed by atoms with van der Waals surface area (Å²) in [5.41, 5.74) is 1.27. The molecule has 1 aliphatic heterocycles. The van der Waals surface area contributed by atoms with Crippen LogP contribution in [0.3, 0.4) is 0 Å². The third kappa shape index (κ3) is 2.26. The van der Waals surface area contributed by atoms with Gasteiger partial charge in [0.1, 0.15) is 0 Å². The normalized spacial score (nSPS) is 21.8. The lowest BCUT2D eigenvalue weighted by Gasteiger charge is -2.20. The molecule has 1 aromatic carbocycles. The van der Waals surface area contributed by atoms with Gasteiger partial charge in [0.25, 0.3) is 0 Å². The number of benzene rings is 1. The Kier molecular flexibility index (Phi) is 3.60. The van der Waals surface area contributed by atoms with Crippen molar-refractivity contribution in [1.29, 1.82) is 0 Å². The zero-order chi connectivity index (χ0) is 11.4. The second-order valence-corrected chi connectivity index (χ2v) is 4.37. The average molecular weight is 218 g/mol. The molecule has 16 heavy (non-hydrogen) atoms. The van der Waals surface area contributed by atoms with E-state index in [-0.39, 0.29) is 11.9 Å². The molecule has 0 bridgehead atoms. The Balaban J connectivity index is 2.20. The fourth-order valence-electron chi connectivity index (χ4n) is 2.49. The van der Waals surface area contributed by atoms with Crippen LogP contribution < -0.4 is 0 Å². The van der Waals surface area contributed by atoms with Gasteiger partial charge in [0.2, 0.25) is 0 Å². The van der Waals surface area contributed by atoms with Crippen molar-refractivity contribution in [3.05, 3.63) is 35.9 Å². The highest BCUT2D eigenvalue weighted by Gasteiger charge is 2.34. The summed E-state index contributed by atoms with van der Waals surface area (Å²) in [5, 5.41) is 0. The molecule has 86 valence electrons. The van der Waals surface area contributed by atoms with Crippen molar-refractivity contribution in [1.82, 2.24) is 0 Å². The molecule has 0 aromatic heterocycles. The minimum absolute atomic E-state index is 0.0118. The van der Waals surface area contributed by atoms with Crippen molar-refractivity contribution in [3.8, 4) is 0 Å². The topological polar surface area (TPSA) is 26.3 Å². The maximum atomic E-state index is 11.6. The van der Waals surface area contributed by atoms with Crippen LogP contribution in [-0.2, 0) is 9.53 Å². The van der Waals surface area contributed by atoms with Gasteiger partial charge in [0.15, 0.2) is 0 Å². The van der Waals surface area contributed by atoms with Gasteiger partial charge in [-0.1, -0.05) is 43.7 Å². The first-order chi connectivity index (χ1) is 7.83. The molecule has 1 saturated heterocycles. The van der Waals surface area contributed by atoms with Crippen molar-refractivity contribution < 1.29 is 9.53 Å². The monoisotopic (exact) mass is 218 g/mol. The van der Waals surface area contributed by atoms with Crippen LogP contribution in [0, 0.1) is 5.92 Å². The zero-order valence-electron chi connectivity index (χ0n) is 9.69. The Morgan fingerprint density at radius 3 is 2.69 bits per heavy atom. The summed E-state index contributed by atoms with van der Waals surface area (Å²) in [5.74, 6) is 0.394. The molecule has 0 spiro atoms. The summed E-state index contributed by atoms with van der Waals surface area (Å²) in [6.45, 7) is 2.76. The van der Waals surface area contributed by atoms with Gasteiger partial charge in [-0.15, -0.1) is 0 Å². The maximum Gasteiger partial charge on any atom is 0.309 e. The molecule has 0 amide bonds. The molecule has 2 nitrogen and oxygen atoms in total. The zero-order valence-corrected chi connectivity index (χ0v) is 9.69. The van der Waals surface area contributed by atoms with E-state index >= 15 is 0 Å². The third-order valence-corrected chi connectivity index (χ3v) is 3.29. The Morgan fingerprint density at radius 2 is 2.12 bits per heavy atom. The largest absolute Gasteiger partial charge is 0.465 e. The highest BCUT2D eigenvalue weighted by Crippen LogP contribution is 2.35. The van der Waals surface area contributed by atoms with E-state index in [1.807, 2.05) is 18.2 Å². The third-order valence-electron chi connectivity index (χ3n) is 3.29. The molecule has 1 fully saturated rings. The predicted octanol–water partition coefficient (Wildman–Crippen LogP) is 3.13. The van der Waals surface area contributed by atoms with E-state index in [9.17, 15) is 4.79 Å². The Morgan fingerprint density at radius 1 is 1.38 bits per heavy atom. The SMILES string of the molecule is CCCC(c1ccccc1)C1CCOC1=O. The Labute approximate surface area is 96.6 Å². The lowest BCUT2D eigenvalue weighted by Crippen LogP contribution is -2.17. The maximum absolute atomic E-state index is 11.6. The van der Waals surface area contributed by atoms with Crippen molar-refractivity contribution in [2.45, 2.75) is 32.1 Å². The fourth-order valence-corrected chi connectivity index (χ4v) is 2.49. The molecule has 2 rings (SSSR count). The minimum atomic E-state index is -0.0118. The quantitative estimate of drug-likeness (QED) is 0.726. The predicted molar refractivity (Wildman–Crippen MR) is 63.2 cm³/mol. The fraction of sp³-hybridized carbons (Fsp3) is 0.500. The van der Waals surface area contributed by atoms with E-state index in [0.717, 1.165) is 19.3 Å². The lowest BCUT2D eigenvalue weighted by atomic mass is 9.82. The van der Waals surface area contributed by atoms with Crippen LogP contribution in [0.2, 0.25) is 0 Å². The number of esters is 1. The molecular weight excluding hydrogens is 200 g/mol. The van der Waals surface area contributed by atoms with Crippen molar-refractivity contribution >= 4 is 5.97 Å². The summed E-state index contributed by atoms with van der Waals surface area (Å²) in [7, 11) is 0. The molecule has 0 N–H and O–H groups in total. The number of carbonyl (C=O) groups excluding carboxylic acids is 1. The molecular formula is C14H18O2. The smallest absolute Gasteiger partial charge is 0.309 e. The standard InChI is InChI=1S/C14H18O2/c1-2-6-12(11-7-4-3-5-8-11)13-9-10-16-14(13)15/h3-5,7-8,12-13H,2,6,9-10H2,1H3. The second kappa shape index (κ2) is 5.15. The molecule has 0 aliphatic carbocycles. The molecule has 1 aromatic rings. The molecule has 2 atom stereocenters. The van der Waals surface area contributed by atoms with Crippen LogP contribution in [0.15, 0.2) is 30.3 Å². The highest BCUT2D eigenvalue weighted by atomic mass is 16.5. The Bertz CT molecular complexity index is 345. The minimum Gasteiger partial charge on any atom is -0.465 e. The van der Waals surface area contributed by atoms with Gasteiger partial charge in [0, 0.05) is 0 Å². The van der Waals surface area contributed by atoms with Gasteiger partial charge >= 0.3 is 5.97 Å². The van der Waals surface area contributed by atoms with Gasteiger partial charge in [-0.3, -0.25) is 4.79 Å². The van der Waals surface area contributed by atoms with Gasteiger partial charge in [-0.2, -0.15) is 0 Å². The molecule has 2 heteroatoms. The van der Waals surface area contributed by atoms with Crippen LogP contribution in [0.5, 0.6) is 0 Å². The van der Waals surface area contributed by atoms with Crippen LogP contribution in [0.1, 0.15) is 37.7 Å². The van der Waals surface area contributed by atoms with Crippen LogP contribution in [0.25, 0.3) is 0 Å². The number of ether oxygens (including phenoxy) is 1. The van der Waals surface area contributed by atoms with Gasteiger partial charge in [-0.05, 0) is 24.3 Å². The molecule has 2 unspecified atom stereocenters. The summed E-state index contributed by atoms with van der Waals surface area (Å²) in [4.78, 5) is 11.6. The highest BCUT2D eigenvalue weighted by molar-refractivity contribution is 5.75. The summed E-state index contributed by atoms with van der Waals surface area (Å²) >= 11 is 0. The van der Waals surface area contributed by atoms with E-state index in [1.54, 1.807) is 0 Å². The number of hydrogen-bond donors (Lipinski definition) is 0. The van der Waals surface area contributed by atoms with Crippen molar-refractivity contribution in [3.63, 3.8) is 0 Å². The van der Waals surface area contributed by atoms with Crippen molar-refractivity contribution in [2.24, 2.45) is 5.92 Å². The number of cyclic esters (lactones) is 1. The summed E-state index contributed by atoms with van der Waals surface area (Å²) in [6, 6.07) is 10.3. The van der Waals surface area contributed by atoms with E-state index in [4.69, 9.17) is 4.74 Å². The van der Waals surface area contributed by atoms with Gasteiger partial charge in [-0.25, -0.2) is 0 Å². The van der Waals surface area contributed by atoms with E-state index in [0.29, 0.717) is 12.5 Å². The van der Waals surface area contributed by atoms with Crippen molar-refractivity contribution in [2.75, 3.05) is 6.61 Å². The average Bonchev–Trinajstić information content (AvgIpc) is 2.73. The summed E-state index contributed by atoms with van der Waals surface area (Å²) in [6.07, 6.45) is 3.03. The first-order valence-corrected chi connectivity index (χ1v) is 6.04. The first kappa shape index (κ1) is 11.2. The number of rotatable bonds is 4. The molecule has 1 heterocycles. The van der Waals surface area contributed by atoms with Crippen LogP contribution in [-0.4, -0.2) is 12.6 Å². The molecule has 0 saturated carbocycles. The molecule has 0 radical (unpaired) electrons. The van der Waals surface area contributed by atoms with Gasteiger partial charge in [0.05, 0.1) is 12.5 Å². The number of hydrogen-bond acceptors (Lipinski definition) is 2. The van der Waals surface area contributed by atoms with E-state index < -0.39 is 0 Å². The Hall–Kier alpha value is -1.31.